The molecule has 1 aliphatic heterocycles. The Bertz CT molecular complexity index is 743. The highest BCUT2D eigenvalue weighted by Crippen LogP contribution is 2.45. The van der Waals surface area contributed by atoms with E-state index < -0.39 is 28.9 Å². The molecule has 0 saturated carbocycles. The van der Waals surface area contributed by atoms with Crippen LogP contribution in [0.1, 0.15) is 38.8 Å². The lowest BCUT2D eigenvalue weighted by molar-refractivity contribution is -0.204. The van der Waals surface area contributed by atoms with Crippen molar-refractivity contribution in [3.05, 3.63) is 34.1 Å². The van der Waals surface area contributed by atoms with Gasteiger partial charge in [0.15, 0.2) is 17.3 Å². The fourth-order valence-corrected chi connectivity index (χ4v) is 2.77. The number of ketones is 2. The van der Waals surface area contributed by atoms with Gasteiger partial charge in [-0.3, -0.25) is 9.59 Å². The number of carbonyl (C=O) groups excluding carboxylic acids is 2. The fraction of sp³-hybridized carbons (Fsp3) is 0.333. The lowest BCUT2D eigenvalue weighted by Crippen LogP contribution is -2.35. The molecule has 7 nitrogen and oxygen atoms in total. The number of fused-ring (bicyclic) bond motifs is 2. The summed E-state index contributed by atoms with van der Waals surface area (Å²) in [6.45, 7) is 1.22. The van der Waals surface area contributed by atoms with E-state index in [4.69, 9.17) is 9.47 Å². The number of phenols is 2. The molecule has 0 aromatic heterocycles. The van der Waals surface area contributed by atoms with Crippen molar-refractivity contribution >= 4 is 11.6 Å². The predicted octanol–water partition coefficient (Wildman–Crippen LogP) is 0.788. The Labute approximate surface area is 125 Å². The number of methoxy groups -OCH3 is 1. The molecule has 3 N–H and O–H groups in total. The van der Waals surface area contributed by atoms with Crippen molar-refractivity contribution < 1.29 is 34.4 Å². The molecule has 7 heteroatoms. The second-order valence-electron chi connectivity index (χ2n) is 5.45. The summed E-state index contributed by atoms with van der Waals surface area (Å²) in [5.74, 6) is -3.94. The number of Topliss-reactive ketones (excluding diaryl/α,β-unsaturated/α-hetero) is 1. The summed E-state index contributed by atoms with van der Waals surface area (Å²) in [6, 6.07) is 0. The Morgan fingerprint density at radius 1 is 1.18 bits per heavy atom. The van der Waals surface area contributed by atoms with Gasteiger partial charge in [-0.15, -0.1) is 0 Å². The highest BCUT2D eigenvalue weighted by atomic mass is 16.6. The molecule has 3 rings (SSSR count). The summed E-state index contributed by atoms with van der Waals surface area (Å²) in [7, 11) is 1.23. The van der Waals surface area contributed by atoms with Crippen LogP contribution in [-0.4, -0.2) is 39.8 Å². The van der Waals surface area contributed by atoms with Crippen LogP contribution in [0, 0.1) is 0 Å². The minimum absolute atomic E-state index is 0.123. The number of phenolic OH excluding ortho intramolecular Hbond substituents is 2. The molecule has 1 atom stereocenters. The van der Waals surface area contributed by atoms with E-state index in [2.05, 4.69) is 0 Å². The van der Waals surface area contributed by atoms with Gasteiger partial charge < -0.3 is 24.8 Å². The van der Waals surface area contributed by atoms with Crippen LogP contribution in [0.4, 0.5) is 0 Å². The van der Waals surface area contributed by atoms with Gasteiger partial charge in [0.1, 0.15) is 11.5 Å². The maximum Gasteiger partial charge on any atom is 0.232 e. The molecule has 0 fully saturated rings. The molecule has 2 aliphatic rings. The monoisotopic (exact) mass is 306 g/mol. The molecular formula is C15H14O7. The summed E-state index contributed by atoms with van der Waals surface area (Å²) in [6.07, 6.45) is 0.846. The maximum atomic E-state index is 12.3. The zero-order valence-corrected chi connectivity index (χ0v) is 12.0. The third-order valence-electron chi connectivity index (χ3n) is 3.87. The number of allylic oxidation sites excluding steroid dienone is 2. The van der Waals surface area contributed by atoms with Crippen molar-refractivity contribution in [2.24, 2.45) is 0 Å². The molecule has 1 aromatic carbocycles. The Morgan fingerprint density at radius 3 is 2.45 bits per heavy atom. The van der Waals surface area contributed by atoms with Crippen molar-refractivity contribution in [1.29, 1.82) is 0 Å². The van der Waals surface area contributed by atoms with E-state index >= 15 is 0 Å². The number of benzene rings is 1. The minimum Gasteiger partial charge on any atom is -0.507 e. The van der Waals surface area contributed by atoms with Crippen LogP contribution in [0.25, 0.3) is 0 Å². The van der Waals surface area contributed by atoms with Crippen molar-refractivity contribution in [1.82, 2.24) is 0 Å². The lowest BCUT2D eigenvalue weighted by Gasteiger charge is -2.32. The summed E-state index contributed by atoms with van der Waals surface area (Å²) in [4.78, 5) is 24.4. The second-order valence-corrected chi connectivity index (χ2v) is 5.45. The lowest BCUT2D eigenvalue weighted by atomic mass is 9.84. The van der Waals surface area contributed by atoms with Crippen molar-refractivity contribution in [2.45, 2.75) is 25.7 Å². The highest BCUT2D eigenvalue weighted by Gasteiger charge is 2.39. The predicted molar refractivity (Wildman–Crippen MR) is 72.6 cm³/mol. The molecule has 0 radical (unpaired) electrons. The van der Waals surface area contributed by atoms with Gasteiger partial charge in [0.2, 0.25) is 5.78 Å². The van der Waals surface area contributed by atoms with E-state index in [0.717, 1.165) is 6.08 Å². The van der Waals surface area contributed by atoms with Gasteiger partial charge in [0.25, 0.3) is 0 Å². The molecule has 0 amide bonds. The zero-order chi connectivity index (χ0) is 16.2. The van der Waals surface area contributed by atoms with Gasteiger partial charge in [-0.05, 0) is 6.92 Å². The first-order chi connectivity index (χ1) is 10.3. The van der Waals surface area contributed by atoms with Crippen molar-refractivity contribution in [2.75, 3.05) is 7.11 Å². The van der Waals surface area contributed by atoms with Gasteiger partial charge >= 0.3 is 0 Å². The zero-order valence-electron chi connectivity index (χ0n) is 12.0. The van der Waals surface area contributed by atoms with Crippen LogP contribution >= 0.6 is 0 Å². The molecular weight excluding hydrogens is 292 g/mol. The van der Waals surface area contributed by atoms with Gasteiger partial charge in [-0.1, -0.05) is 0 Å². The molecule has 0 bridgehead atoms. The number of hydrogen-bond acceptors (Lipinski definition) is 7. The number of rotatable bonds is 1. The molecule has 1 heterocycles. The molecule has 1 aromatic rings. The van der Waals surface area contributed by atoms with Gasteiger partial charge in [-0.2, -0.15) is 0 Å². The van der Waals surface area contributed by atoms with E-state index in [1.54, 1.807) is 0 Å². The molecule has 22 heavy (non-hydrogen) atoms. The second kappa shape index (κ2) is 4.56. The van der Waals surface area contributed by atoms with Crippen LogP contribution in [0.5, 0.6) is 11.5 Å². The molecule has 0 saturated heterocycles. The van der Waals surface area contributed by atoms with Crippen LogP contribution < -0.4 is 0 Å². The summed E-state index contributed by atoms with van der Waals surface area (Å²) in [5, 5.41) is 30.7. The summed E-state index contributed by atoms with van der Waals surface area (Å²) in [5.41, 5.74) is -0.199. The Hall–Kier alpha value is -2.38. The first-order valence-corrected chi connectivity index (χ1v) is 6.57. The SMILES string of the molecule is COC1=CC(=O)c2c(O)c3c(c(O)c2C1=O)CC(C)(O)OC3. The van der Waals surface area contributed by atoms with E-state index in [0.29, 0.717) is 0 Å². The van der Waals surface area contributed by atoms with Crippen LogP contribution in [0.2, 0.25) is 0 Å². The summed E-state index contributed by atoms with van der Waals surface area (Å²) >= 11 is 0. The summed E-state index contributed by atoms with van der Waals surface area (Å²) < 4.78 is 10.0. The van der Waals surface area contributed by atoms with E-state index in [-0.39, 0.29) is 41.0 Å². The van der Waals surface area contributed by atoms with E-state index in [1.165, 1.54) is 14.0 Å². The average Bonchev–Trinajstić information content (AvgIpc) is 2.45. The van der Waals surface area contributed by atoms with E-state index in [1.807, 2.05) is 0 Å². The molecule has 116 valence electrons. The fourth-order valence-electron chi connectivity index (χ4n) is 2.77. The molecule has 1 unspecified atom stereocenters. The molecule has 0 spiro atoms. The number of aliphatic hydroxyl groups is 1. The first kappa shape index (κ1) is 14.6. The topological polar surface area (TPSA) is 113 Å². The Morgan fingerprint density at radius 2 is 1.82 bits per heavy atom. The Balaban J connectivity index is 2.30. The molecule has 1 aliphatic carbocycles. The van der Waals surface area contributed by atoms with Crippen molar-refractivity contribution in [3.8, 4) is 11.5 Å². The van der Waals surface area contributed by atoms with Crippen LogP contribution in [0.15, 0.2) is 11.8 Å². The number of carbonyl (C=O) groups is 2. The number of ether oxygens (including phenoxy) is 2. The van der Waals surface area contributed by atoms with E-state index in [9.17, 15) is 24.9 Å². The first-order valence-electron chi connectivity index (χ1n) is 6.57. The van der Waals surface area contributed by atoms with Crippen LogP contribution in [-0.2, 0) is 22.5 Å². The van der Waals surface area contributed by atoms with Gasteiger partial charge in [-0.25, -0.2) is 0 Å². The Kier molecular flexibility index (Phi) is 3.01. The quantitative estimate of drug-likeness (QED) is 0.657. The van der Waals surface area contributed by atoms with Crippen molar-refractivity contribution in [3.63, 3.8) is 0 Å². The normalized spacial score (nSPS) is 23.7. The van der Waals surface area contributed by atoms with Crippen LogP contribution in [0.3, 0.4) is 0 Å². The number of aromatic hydroxyl groups is 2. The average molecular weight is 306 g/mol. The minimum atomic E-state index is -1.53. The van der Waals surface area contributed by atoms with Gasteiger partial charge in [0.05, 0.1) is 24.8 Å². The smallest absolute Gasteiger partial charge is 0.232 e. The third kappa shape index (κ3) is 1.90. The maximum absolute atomic E-state index is 12.3. The standard InChI is InChI=1S/C15H14O7/c1-15(20)4-6-7(5-22-15)13(18)10-8(16)3-9(21-2)14(19)11(10)12(6)17/h3,17-18,20H,4-5H2,1-2H3. The number of hydrogen-bond donors (Lipinski definition) is 3. The van der Waals surface area contributed by atoms with Gasteiger partial charge in [0, 0.05) is 23.6 Å². The third-order valence-corrected chi connectivity index (χ3v) is 3.87. The highest BCUT2D eigenvalue weighted by molar-refractivity contribution is 6.26. The largest absolute Gasteiger partial charge is 0.507 e.